The lowest BCUT2D eigenvalue weighted by Crippen LogP contribution is -2.31. The minimum atomic E-state index is -0.535. The maximum atomic E-state index is 12.8. The third-order valence-electron chi connectivity index (χ3n) is 4.60. The van der Waals surface area contributed by atoms with Crippen molar-refractivity contribution in [3.8, 4) is 5.75 Å². The standard InChI is InChI=1S/C23H24N2O4/c1-3-4-10-23(27)29-16-22(26)25-21(18-11-13-19(28-2)14-12-18)15-20(24-25)17-8-6-5-7-9-17/h4-14,21H,3,15-16H2,1-2H3/b10-4+/t21-/m1/s1. The second-order valence-electron chi connectivity index (χ2n) is 6.56. The first kappa shape index (κ1) is 20.3. The van der Waals surface area contributed by atoms with Crippen molar-refractivity contribution in [2.45, 2.75) is 25.8 Å². The summed E-state index contributed by atoms with van der Waals surface area (Å²) >= 11 is 0. The van der Waals surface area contributed by atoms with Gasteiger partial charge in [0.1, 0.15) is 5.75 Å². The van der Waals surface area contributed by atoms with Gasteiger partial charge in [-0.05, 0) is 29.7 Å². The zero-order valence-corrected chi connectivity index (χ0v) is 16.6. The van der Waals surface area contributed by atoms with E-state index < -0.39 is 5.97 Å². The highest BCUT2D eigenvalue weighted by Crippen LogP contribution is 2.33. The summed E-state index contributed by atoms with van der Waals surface area (Å²) < 4.78 is 10.3. The number of hydrazone groups is 1. The van der Waals surface area contributed by atoms with E-state index in [1.54, 1.807) is 13.2 Å². The lowest BCUT2D eigenvalue weighted by Gasteiger charge is -2.22. The number of esters is 1. The lowest BCUT2D eigenvalue weighted by molar-refractivity contribution is -0.149. The molecule has 6 nitrogen and oxygen atoms in total. The molecule has 1 aliphatic heterocycles. The fraction of sp³-hybridized carbons (Fsp3) is 0.261. The van der Waals surface area contributed by atoms with Gasteiger partial charge in [-0.1, -0.05) is 55.5 Å². The van der Waals surface area contributed by atoms with Gasteiger partial charge in [-0.3, -0.25) is 4.79 Å². The second-order valence-corrected chi connectivity index (χ2v) is 6.56. The van der Waals surface area contributed by atoms with E-state index in [0.717, 1.165) is 29.0 Å². The predicted octanol–water partition coefficient (Wildman–Crippen LogP) is 3.88. The average Bonchev–Trinajstić information content (AvgIpc) is 3.22. The van der Waals surface area contributed by atoms with Crippen molar-refractivity contribution in [2.75, 3.05) is 13.7 Å². The highest BCUT2D eigenvalue weighted by molar-refractivity contribution is 6.03. The minimum absolute atomic E-state index is 0.270. The number of methoxy groups -OCH3 is 1. The van der Waals surface area contributed by atoms with Crippen LogP contribution in [0.4, 0.5) is 0 Å². The third kappa shape index (κ3) is 5.10. The van der Waals surface area contributed by atoms with E-state index in [0.29, 0.717) is 6.42 Å². The molecule has 1 heterocycles. The first-order chi connectivity index (χ1) is 14.1. The Kier molecular flexibility index (Phi) is 6.79. The van der Waals surface area contributed by atoms with E-state index in [1.807, 2.05) is 61.5 Å². The number of carbonyl (C=O) groups excluding carboxylic acids is 2. The molecule has 6 heteroatoms. The summed E-state index contributed by atoms with van der Waals surface area (Å²) in [5, 5.41) is 5.98. The molecule has 2 aromatic rings. The van der Waals surface area contributed by atoms with Gasteiger partial charge in [-0.25, -0.2) is 9.80 Å². The summed E-state index contributed by atoms with van der Waals surface area (Å²) in [5.74, 6) is -0.159. The highest BCUT2D eigenvalue weighted by atomic mass is 16.5. The van der Waals surface area contributed by atoms with Crippen molar-refractivity contribution in [3.63, 3.8) is 0 Å². The predicted molar refractivity (Wildman–Crippen MR) is 111 cm³/mol. The Bertz CT molecular complexity index is 904. The van der Waals surface area contributed by atoms with E-state index >= 15 is 0 Å². The molecule has 1 atom stereocenters. The van der Waals surface area contributed by atoms with Crippen LogP contribution in [0, 0.1) is 0 Å². The largest absolute Gasteiger partial charge is 0.497 e. The van der Waals surface area contributed by atoms with Crippen LogP contribution in [-0.2, 0) is 14.3 Å². The molecule has 0 aromatic heterocycles. The Morgan fingerprint density at radius 1 is 1.14 bits per heavy atom. The molecule has 150 valence electrons. The fourth-order valence-corrected chi connectivity index (χ4v) is 3.09. The quantitative estimate of drug-likeness (QED) is 0.530. The van der Waals surface area contributed by atoms with Gasteiger partial charge in [0, 0.05) is 12.5 Å². The molecule has 2 aromatic carbocycles. The van der Waals surface area contributed by atoms with Crippen molar-refractivity contribution >= 4 is 17.6 Å². The van der Waals surface area contributed by atoms with Crippen molar-refractivity contribution in [3.05, 3.63) is 77.9 Å². The Labute approximate surface area is 170 Å². The highest BCUT2D eigenvalue weighted by Gasteiger charge is 2.33. The molecular weight excluding hydrogens is 368 g/mol. The maximum absolute atomic E-state index is 12.8. The van der Waals surface area contributed by atoms with Crippen LogP contribution >= 0.6 is 0 Å². The summed E-state index contributed by atoms with van der Waals surface area (Å²) in [6, 6.07) is 17.0. The van der Waals surface area contributed by atoms with E-state index in [-0.39, 0.29) is 18.6 Å². The number of hydrogen-bond acceptors (Lipinski definition) is 5. The molecule has 0 aliphatic carbocycles. The van der Waals surface area contributed by atoms with Crippen LogP contribution in [0.15, 0.2) is 71.9 Å². The topological polar surface area (TPSA) is 68.2 Å². The van der Waals surface area contributed by atoms with Crippen LogP contribution in [0.2, 0.25) is 0 Å². The normalized spacial score (nSPS) is 16.0. The van der Waals surface area contributed by atoms with Gasteiger partial charge in [-0.15, -0.1) is 0 Å². The van der Waals surface area contributed by atoms with Gasteiger partial charge in [0.2, 0.25) is 0 Å². The van der Waals surface area contributed by atoms with Gasteiger partial charge in [-0.2, -0.15) is 5.10 Å². The summed E-state index contributed by atoms with van der Waals surface area (Å²) in [7, 11) is 1.61. The monoisotopic (exact) mass is 392 g/mol. The zero-order valence-electron chi connectivity index (χ0n) is 16.6. The molecule has 1 aliphatic rings. The first-order valence-electron chi connectivity index (χ1n) is 9.54. The molecule has 1 amide bonds. The Morgan fingerprint density at radius 3 is 2.52 bits per heavy atom. The fourth-order valence-electron chi connectivity index (χ4n) is 3.09. The number of allylic oxidation sites excluding steroid dienone is 1. The number of nitrogens with zero attached hydrogens (tertiary/aromatic N) is 2. The molecule has 0 spiro atoms. The molecule has 0 radical (unpaired) electrons. The van der Waals surface area contributed by atoms with Crippen LogP contribution in [0.1, 0.15) is 36.9 Å². The molecule has 3 rings (SSSR count). The van der Waals surface area contributed by atoms with Gasteiger partial charge in [0.15, 0.2) is 6.61 Å². The van der Waals surface area contributed by atoms with E-state index in [2.05, 4.69) is 5.10 Å². The van der Waals surface area contributed by atoms with Crippen LogP contribution in [0.5, 0.6) is 5.75 Å². The van der Waals surface area contributed by atoms with E-state index in [4.69, 9.17) is 9.47 Å². The van der Waals surface area contributed by atoms with Crippen molar-refractivity contribution in [1.29, 1.82) is 0 Å². The summed E-state index contributed by atoms with van der Waals surface area (Å²) in [6.45, 7) is 1.56. The average molecular weight is 392 g/mol. The summed E-state index contributed by atoms with van der Waals surface area (Å²) in [4.78, 5) is 24.5. The molecule has 0 bridgehead atoms. The zero-order chi connectivity index (χ0) is 20.6. The number of benzene rings is 2. The third-order valence-corrected chi connectivity index (χ3v) is 4.60. The number of ether oxygens (including phenoxy) is 2. The van der Waals surface area contributed by atoms with Crippen LogP contribution < -0.4 is 4.74 Å². The molecule has 0 saturated heterocycles. The van der Waals surface area contributed by atoms with Crippen molar-refractivity contribution in [1.82, 2.24) is 5.01 Å². The van der Waals surface area contributed by atoms with Crippen molar-refractivity contribution < 1.29 is 19.1 Å². The van der Waals surface area contributed by atoms with Crippen LogP contribution in [-0.4, -0.2) is 36.3 Å². The number of rotatable bonds is 7. The van der Waals surface area contributed by atoms with E-state index in [9.17, 15) is 9.59 Å². The Balaban J connectivity index is 1.81. The molecular formula is C23H24N2O4. The lowest BCUT2D eigenvalue weighted by atomic mass is 9.98. The van der Waals surface area contributed by atoms with E-state index in [1.165, 1.54) is 11.1 Å². The van der Waals surface area contributed by atoms with Crippen LogP contribution in [0.3, 0.4) is 0 Å². The summed E-state index contributed by atoms with van der Waals surface area (Å²) in [6.07, 6.45) is 4.32. The van der Waals surface area contributed by atoms with Gasteiger partial charge >= 0.3 is 5.97 Å². The summed E-state index contributed by atoms with van der Waals surface area (Å²) in [5.41, 5.74) is 2.71. The molecule has 0 unspecified atom stereocenters. The smallest absolute Gasteiger partial charge is 0.330 e. The Hall–Kier alpha value is -3.41. The number of amides is 1. The van der Waals surface area contributed by atoms with Crippen molar-refractivity contribution in [2.24, 2.45) is 5.10 Å². The second kappa shape index (κ2) is 9.68. The minimum Gasteiger partial charge on any atom is -0.497 e. The Morgan fingerprint density at radius 2 is 1.86 bits per heavy atom. The molecule has 0 fully saturated rings. The van der Waals surface area contributed by atoms with Gasteiger partial charge in [0.25, 0.3) is 5.91 Å². The van der Waals surface area contributed by atoms with Gasteiger partial charge < -0.3 is 9.47 Å². The first-order valence-corrected chi connectivity index (χ1v) is 9.54. The molecule has 0 N–H and O–H groups in total. The number of carbonyl (C=O) groups is 2. The SMILES string of the molecule is CC/C=C/C(=O)OCC(=O)N1N=C(c2ccccc2)C[C@@H]1c1ccc(OC)cc1. The number of hydrogen-bond donors (Lipinski definition) is 0. The molecule has 29 heavy (non-hydrogen) atoms. The molecule has 0 saturated carbocycles. The van der Waals surface area contributed by atoms with Crippen LogP contribution in [0.25, 0.3) is 0 Å². The van der Waals surface area contributed by atoms with Gasteiger partial charge in [0.05, 0.1) is 18.9 Å². The maximum Gasteiger partial charge on any atom is 0.330 e.